The van der Waals surface area contributed by atoms with Gasteiger partial charge in [0.2, 0.25) is 5.91 Å². The van der Waals surface area contributed by atoms with Gasteiger partial charge in [-0.1, -0.05) is 36.4 Å². The van der Waals surface area contributed by atoms with Crippen molar-refractivity contribution in [3.05, 3.63) is 77.9 Å². The Labute approximate surface area is 142 Å². The van der Waals surface area contributed by atoms with Crippen LogP contribution in [-0.4, -0.2) is 11.7 Å². The van der Waals surface area contributed by atoms with Crippen LogP contribution in [0.15, 0.2) is 60.7 Å². The van der Waals surface area contributed by atoms with Crippen LogP contribution in [0.25, 0.3) is 10.8 Å². The SMILES string of the molecule is O=C1CS[C@H](c2ccc(F)c(F)c2)N1c1ccc2ccccc2c1. The van der Waals surface area contributed by atoms with Crippen LogP contribution in [0.4, 0.5) is 14.5 Å². The fourth-order valence-corrected chi connectivity index (χ4v) is 4.11. The number of benzene rings is 3. The summed E-state index contributed by atoms with van der Waals surface area (Å²) in [6.07, 6.45) is 0. The number of thioether (sulfide) groups is 1. The van der Waals surface area contributed by atoms with Crippen LogP contribution in [0.3, 0.4) is 0 Å². The Morgan fingerprint density at radius 1 is 0.917 bits per heavy atom. The van der Waals surface area contributed by atoms with Gasteiger partial charge in [-0.15, -0.1) is 11.8 Å². The predicted molar refractivity (Wildman–Crippen MR) is 93.0 cm³/mol. The normalized spacial score (nSPS) is 17.7. The van der Waals surface area contributed by atoms with E-state index >= 15 is 0 Å². The third-order valence-electron chi connectivity index (χ3n) is 4.11. The molecule has 0 bridgehead atoms. The van der Waals surface area contributed by atoms with Crippen molar-refractivity contribution in [1.82, 2.24) is 0 Å². The largest absolute Gasteiger partial charge is 0.295 e. The molecule has 1 saturated heterocycles. The number of halogens is 2. The number of amides is 1. The summed E-state index contributed by atoms with van der Waals surface area (Å²) in [6, 6.07) is 17.5. The summed E-state index contributed by atoms with van der Waals surface area (Å²) in [4.78, 5) is 14.0. The highest BCUT2D eigenvalue weighted by Crippen LogP contribution is 2.42. The first-order chi connectivity index (χ1) is 11.6. The smallest absolute Gasteiger partial charge is 0.238 e. The number of hydrogen-bond acceptors (Lipinski definition) is 2. The molecular formula is C19H13F2NOS. The van der Waals surface area contributed by atoms with E-state index in [1.54, 1.807) is 4.90 Å². The molecule has 1 amide bonds. The second-order valence-electron chi connectivity index (χ2n) is 5.63. The highest BCUT2D eigenvalue weighted by molar-refractivity contribution is 8.00. The summed E-state index contributed by atoms with van der Waals surface area (Å²) < 4.78 is 26.8. The molecule has 0 unspecified atom stereocenters. The fourth-order valence-electron chi connectivity index (χ4n) is 2.94. The zero-order valence-electron chi connectivity index (χ0n) is 12.6. The number of rotatable bonds is 2. The minimum Gasteiger partial charge on any atom is -0.295 e. The summed E-state index contributed by atoms with van der Waals surface area (Å²) in [5.74, 6) is -1.50. The molecule has 2 nitrogen and oxygen atoms in total. The van der Waals surface area contributed by atoms with E-state index in [0.717, 1.165) is 22.5 Å². The molecule has 1 fully saturated rings. The Morgan fingerprint density at radius 3 is 2.50 bits per heavy atom. The molecule has 0 aliphatic carbocycles. The highest BCUT2D eigenvalue weighted by atomic mass is 32.2. The van der Waals surface area contributed by atoms with Crippen molar-refractivity contribution < 1.29 is 13.6 Å². The van der Waals surface area contributed by atoms with Crippen LogP contribution in [0.5, 0.6) is 0 Å². The molecule has 3 aromatic rings. The minimum atomic E-state index is -0.897. The average molecular weight is 341 g/mol. The monoisotopic (exact) mass is 341 g/mol. The molecule has 1 heterocycles. The second kappa shape index (κ2) is 5.91. The first-order valence-corrected chi connectivity index (χ1v) is 8.56. The Bertz CT molecular complexity index is 944. The van der Waals surface area contributed by atoms with Gasteiger partial charge in [0.25, 0.3) is 0 Å². The molecule has 1 atom stereocenters. The molecule has 0 spiro atoms. The van der Waals surface area contributed by atoms with Crippen LogP contribution in [-0.2, 0) is 4.79 Å². The topological polar surface area (TPSA) is 20.3 Å². The van der Waals surface area contributed by atoms with Gasteiger partial charge in [0.1, 0.15) is 5.37 Å². The quantitative estimate of drug-likeness (QED) is 0.661. The van der Waals surface area contributed by atoms with Gasteiger partial charge in [-0.25, -0.2) is 8.78 Å². The van der Waals surface area contributed by atoms with E-state index in [9.17, 15) is 13.6 Å². The van der Waals surface area contributed by atoms with Crippen LogP contribution in [0.2, 0.25) is 0 Å². The maximum absolute atomic E-state index is 13.6. The van der Waals surface area contributed by atoms with Gasteiger partial charge in [-0.2, -0.15) is 0 Å². The van der Waals surface area contributed by atoms with Crippen molar-refractivity contribution in [2.75, 3.05) is 10.7 Å². The van der Waals surface area contributed by atoms with E-state index in [2.05, 4.69) is 0 Å². The van der Waals surface area contributed by atoms with Crippen LogP contribution < -0.4 is 4.90 Å². The third kappa shape index (κ3) is 2.55. The van der Waals surface area contributed by atoms with Crippen molar-refractivity contribution in [1.29, 1.82) is 0 Å². The Kier molecular flexibility index (Phi) is 3.73. The van der Waals surface area contributed by atoms with Crippen LogP contribution in [0.1, 0.15) is 10.9 Å². The number of fused-ring (bicyclic) bond motifs is 1. The molecule has 0 radical (unpaired) electrons. The van der Waals surface area contributed by atoms with Crippen LogP contribution in [0, 0.1) is 11.6 Å². The Morgan fingerprint density at radius 2 is 1.71 bits per heavy atom. The van der Waals surface area contributed by atoms with E-state index in [0.29, 0.717) is 11.3 Å². The summed E-state index contributed by atoms with van der Waals surface area (Å²) in [7, 11) is 0. The van der Waals surface area contributed by atoms with E-state index < -0.39 is 11.6 Å². The first-order valence-electron chi connectivity index (χ1n) is 7.51. The zero-order chi connectivity index (χ0) is 16.7. The first kappa shape index (κ1) is 15.1. The third-order valence-corrected chi connectivity index (χ3v) is 5.32. The van der Waals surface area contributed by atoms with Crippen molar-refractivity contribution in [2.24, 2.45) is 0 Å². The molecule has 0 saturated carbocycles. The lowest BCUT2D eigenvalue weighted by Crippen LogP contribution is -2.27. The number of anilines is 1. The standard InChI is InChI=1S/C19H13F2NOS/c20-16-8-6-14(10-17(16)21)19-22(18(23)11-24-19)15-7-5-12-3-1-2-4-13(12)9-15/h1-10,19H,11H2/t19-/m1/s1. The fraction of sp³-hybridized carbons (Fsp3) is 0.105. The van der Waals surface area contributed by atoms with Gasteiger partial charge in [0.05, 0.1) is 5.75 Å². The summed E-state index contributed by atoms with van der Waals surface area (Å²) in [6.45, 7) is 0. The molecule has 4 rings (SSSR count). The van der Waals surface area contributed by atoms with Gasteiger partial charge < -0.3 is 0 Å². The van der Waals surface area contributed by atoms with Gasteiger partial charge in [-0.3, -0.25) is 9.69 Å². The van der Waals surface area contributed by atoms with E-state index in [1.807, 2.05) is 42.5 Å². The lowest BCUT2D eigenvalue weighted by atomic mass is 10.1. The van der Waals surface area contributed by atoms with Crippen molar-refractivity contribution in [3.8, 4) is 0 Å². The molecule has 120 valence electrons. The molecule has 0 N–H and O–H groups in total. The maximum atomic E-state index is 13.6. The lowest BCUT2D eigenvalue weighted by molar-refractivity contribution is -0.115. The average Bonchev–Trinajstić information content (AvgIpc) is 2.98. The molecular weight excluding hydrogens is 328 g/mol. The summed E-state index contributed by atoms with van der Waals surface area (Å²) in [5, 5.41) is 1.77. The van der Waals surface area contributed by atoms with Crippen molar-refractivity contribution in [3.63, 3.8) is 0 Å². The van der Waals surface area contributed by atoms with Gasteiger partial charge in [0, 0.05) is 5.69 Å². The van der Waals surface area contributed by atoms with E-state index in [1.165, 1.54) is 23.9 Å². The molecule has 24 heavy (non-hydrogen) atoms. The number of carbonyl (C=O) groups is 1. The molecule has 1 aliphatic heterocycles. The number of nitrogens with zero attached hydrogens (tertiary/aromatic N) is 1. The van der Waals surface area contributed by atoms with Crippen molar-refractivity contribution in [2.45, 2.75) is 5.37 Å². The van der Waals surface area contributed by atoms with Crippen LogP contribution >= 0.6 is 11.8 Å². The number of carbonyl (C=O) groups excluding carboxylic acids is 1. The second-order valence-corrected chi connectivity index (χ2v) is 6.70. The Hall–Kier alpha value is -2.40. The van der Waals surface area contributed by atoms with Gasteiger partial charge in [-0.05, 0) is 40.6 Å². The van der Waals surface area contributed by atoms with Gasteiger partial charge in [0.15, 0.2) is 11.6 Å². The summed E-state index contributed by atoms with van der Waals surface area (Å²) in [5.41, 5.74) is 1.34. The molecule has 3 aromatic carbocycles. The van der Waals surface area contributed by atoms with Gasteiger partial charge >= 0.3 is 0 Å². The highest BCUT2D eigenvalue weighted by Gasteiger charge is 2.34. The maximum Gasteiger partial charge on any atom is 0.238 e. The molecule has 5 heteroatoms. The Balaban J connectivity index is 1.77. The number of hydrogen-bond donors (Lipinski definition) is 0. The van der Waals surface area contributed by atoms with Crippen molar-refractivity contribution >= 4 is 34.1 Å². The zero-order valence-corrected chi connectivity index (χ0v) is 13.4. The minimum absolute atomic E-state index is 0.0370. The summed E-state index contributed by atoms with van der Waals surface area (Å²) >= 11 is 1.41. The lowest BCUT2D eigenvalue weighted by Gasteiger charge is -2.24. The molecule has 0 aromatic heterocycles. The van der Waals surface area contributed by atoms with E-state index in [4.69, 9.17) is 0 Å². The predicted octanol–water partition coefficient (Wildman–Crippen LogP) is 4.90. The van der Waals surface area contributed by atoms with E-state index in [-0.39, 0.29) is 11.3 Å². The molecule has 1 aliphatic rings.